The van der Waals surface area contributed by atoms with Crippen LogP contribution in [0.5, 0.6) is 0 Å². The molecule has 0 spiro atoms. The molecule has 0 aromatic heterocycles. The first-order valence-corrected chi connectivity index (χ1v) is 9.96. The Bertz CT molecular complexity index is 329. The fourth-order valence-electron chi connectivity index (χ4n) is 5.39. The zero-order chi connectivity index (χ0) is 17.6. The van der Waals surface area contributed by atoms with Crippen LogP contribution in [-0.4, -0.2) is 19.1 Å². The van der Waals surface area contributed by atoms with E-state index in [9.17, 15) is 0 Å². The zero-order valence-electron chi connectivity index (χ0n) is 16.4. The highest BCUT2D eigenvalue weighted by Crippen LogP contribution is 2.49. The molecule has 3 saturated carbocycles. The summed E-state index contributed by atoms with van der Waals surface area (Å²) < 4.78 is 0. The van der Waals surface area contributed by atoms with Crippen LogP contribution in [0.1, 0.15) is 73.1 Å². The molecule has 6 atom stereocenters. The van der Waals surface area contributed by atoms with Gasteiger partial charge in [0.2, 0.25) is 0 Å². The fraction of sp³-hybridized carbons (Fsp3) is 1.00. The molecule has 2 bridgehead atoms. The molecule has 0 aromatic carbocycles. The Labute approximate surface area is 145 Å². The Kier molecular flexibility index (Phi) is 8.54. The number of rotatable bonds is 2. The zero-order valence-corrected chi connectivity index (χ0v) is 16.4. The second kappa shape index (κ2) is 9.39. The summed E-state index contributed by atoms with van der Waals surface area (Å²) in [7, 11) is 0. The summed E-state index contributed by atoms with van der Waals surface area (Å²) in [6.07, 6.45) is 8.93. The van der Waals surface area contributed by atoms with Gasteiger partial charge in [0, 0.05) is 6.04 Å². The molecule has 3 heteroatoms. The third kappa shape index (κ3) is 5.44. The lowest BCUT2D eigenvalue weighted by molar-refractivity contribution is 0.253. The van der Waals surface area contributed by atoms with Gasteiger partial charge in [-0.2, -0.15) is 0 Å². The molecule has 138 valence electrons. The molecule has 0 radical (unpaired) electrons. The van der Waals surface area contributed by atoms with Crippen LogP contribution >= 0.6 is 0 Å². The Hall–Kier alpha value is -0.120. The first-order chi connectivity index (χ1) is 10.8. The van der Waals surface area contributed by atoms with Gasteiger partial charge in [-0.3, -0.25) is 0 Å². The van der Waals surface area contributed by atoms with E-state index in [2.05, 4.69) is 27.7 Å². The fourth-order valence-corrected chi connectivity index (χ4v) is 5.39. The molecule has 3 aliphatic rings. The highest BCUT2D eigenvalue weighted by molar-refractivity contribution is 4.97. The van der Waals surface area contributed by atoms with Crippen LogP contribution in [0.15, 0.2) is 0 Å². The molecule has 0 aliphatic heterocycles. The monoisotopic (exact) mass is 325 g/mol. The predicted octanol–water partition coefficient (Wildman–Crippen LogP) is 3.75. The topological polar surface area (TPSA) is 78.1 Å². The van der Waals surface area contributed by atoms with E-state index < -0.39 is 0 Å². The quantitative estimate of drug-likeness (QED) is 0.723. The molecule has 0 heterocycles. The van der Waals surface area contributed by atoms with E-state index in [1.54, 1.807) is 25.7 Å². The summed E-state index contributed by atoms with van der Waals surface area (Å²) in [4.78, 5) is 0. The molecular formula is C20H43N3. The van der Waals surface area contributed by atoms with Crippen molar-refractivity contribution in [2.75, 3.05) is 13.1 Å². The molecule has 0 saturated heterocycles. The van der Waals surface area contributed by atoms with Crippen LogP contribution in [0.3, 0.4) is 0 Å². The van der Waals surface area contributed by atoms with Gasteiger partial charge in [-0.25, -0.2) is 0 Å². The Morgan fingerprint density at radius 2 is 1.65 bits per heavy atom. The smallest absolute Gasteiger partial charge is 0.0110 e. The van der Waals surface area contributed by atoms with Crippen molar-refractivity contribution in [3.8, 4) is 0 Å². The predicted molar refractivity (Wildman–Crippen MR) is 102 cm³/mol. The van der Waals surface area contributed by atoms with Crippen molar-refractivity contribution in [2.45, 2.75) is 79.2 Å². The number of hydrogen-bond donors (Lipinski definition) is 3. The lowest BCUT2D eigenvalue weighted by atomic mass is 9.81. The van der Waals surface area contributed by atoms with Gasteiger partial charge >= 0.3 is 0 Å². The number of hydrogen-bond acceptors (Lipinski definition) is 3. The third-order valence-electron chi connectivity index (χ3n) is 6.64. The molecule has 3 nitrogen and oxygen atoms in total. The summed E-state index contributed by atoms with van der Waals surface area (Å²) >= 11 is 0. The molecular weight excluding hydrogens is 282 g/mol. The van der Waals surface area contributed by atoms with Gasteiger partial charge in [-0.15, -0.1) is 0 Å². The lowest BCUT2D eigenvalue weighted by Gasteiger charge is -2.27. The highest BCUT2D eigenvalue weighted by Gasteiger charge is 2.43. The van der Waals surface area contributed by atoms with Crippen LogP contribution in [0, 0.1) is 35.0 Å². The summed E-state index contributed by atoms with van der Waals surface area (Å²) in [5.74, 6) is 4.58. The maximum absolute atomic E-state index is 6.03. The van der Waals surface area contributed by atoms with E-state index in [0.717, 1.165) is 30.8 Å². The van der Waals surface area contributed by atoms with Gasteiger partial charge in [-0.05, 0) is 73.8 Å². The van der Waals surface area contributed by atoms with Crippen molar-refractivity contribution in [3.63, 3.8) is 0 Å². The van der Waals surface area contributed by atoms with Crippen molar-refractivity contribution in [1.82, 2.24) is 0 Å². The van der Waals surface area contributed by atoms with Crippen LogP contribution < -0.4 is 17.2 Å². The van der Waals surface area contributed by atoms with E-state index in [0.29, 0.717) is 23.3 Å². The normalized spacial score (nSPS) is 40.2. The van der Waals surface area contributed by atoms with Crippen LogP contribution in [0.4, 0.5) is 0 Å². The minimum absolute atomic E-state index is 0.315. The van der Waals surface area contributed by atoms with Gasteiger partial charge in [0.1, 0.15) is 0 Å². The SMILES string of the molecule is CC1CC(C)(C)C(CN)C1N.CCC1CC2CCC1C2.CCN. The molecule has 0 aromatic rings. The van der Waals surface area contributed by atoms with Crippen LogP contribution in [0.25, 0.3) is 0 Å². The first-order valence-electron chi connectivity index (χ1n) is 9.96. The minimum Gasteiger partial charge on any atom is -0.331 e. The van der Waals surface area contributed by atoms with Crippen molar-refractivity contribution in [2.24, 2.45) is 52.2 Å². The Morgan fingerprint density at radius 1 is 1.04 bits per heavy atom. The maximum Gasteiger partial charge on any atom is 0.0110 e. The first kappa shape index (κ1) is 20.9. The van der Waals surface area contributed by atoms with Gasteiger partial charge in [0.25, 0.3) is 0 Å². The molecule has 6 unspecified atom stereocenters. The second-order valence-corrected chi connectivity index (χ2v) is 8.84. The van der Waals surface area contributed by atoms with Crippen molar-refractivity contribution < 1.29 is 0 Å². The molecule has 3 fully saturated rings. The van der Waals surface area contributed by atoms with Crippen molar-refractivity contribution >= 4 is 0 Å². The van der Waals surface area contributed by atoms with E-state index in [1.807, 2.05) is 6.92 Å². The minimum atomic E-state index is 0.315. The van der Waals surface area contributed by atoms with Gasteiger partial charge < -0.3 is 17.2 Å². The van der Waals surface area contributed by atoms with E-state index in [-0.39, 0.29) is 0 Å². The molecule has 6 N–H and O–H groups in total. The molecule has 3 rings (SSSR count). The number of nitrogens with two attached hydrogens (primary N) is 3. The van der Waals surface area contributed by atoms with E-state index >= 15 is 0 Å². The van der Waals surface area contributed by atoms with Crippen molar-refractivity contribution in [3.05, 3.63) is 0 Å². The molecule has 3 aliphatic carbocycles. The second-order valence-electron chi connectivity index (χ2n) is 8.84. The average Bonchev–Trinajstić information content (AvgIpc) is 3.15. The van der Waals surface area contributed by atoms with Crippen LogP contribution in [-0.2, 0) is 0 Å². The highest BCUT2D eigenvalue weighted by atomic mass is 14.8. The Balaban J connectivity index is 0.000000199. The maximum atomic E-state index is 6.03. The summed E-state index contributed by atoms with van der Waals surface area (Å²) in [5.41, 5.74) is 16.9. The van der Waals surface area contributed by atoms with Gasteiger partial charge in [0.15, 0.2) is 0 Å². The number of fused-ring (bicyclic) bond motifs is 2. The van der Waals surface area contributed by atoms with Crippen molar-refractivity contribution in [1.29, 1.82) is 0 Å². The lowest BCUT2D eigenvalue weighted by Crippen LogP contribution is -2.38. The van der Waals surface area contributed by atoms with Crippen LogP contribution in [0.2, 0.25) is 0 Å². The van der Waals surface area contributed by atoms with Gasteiger partial charge in [0.05, 0.1) is 0 Å². The van der Waals surface area contributed by atoms with E-state index in [4.69, 9.17) is 17.2 Å². The Morgan fingerprint density at radius 3 is 1.87 bits per heavy atom. The van der Waals surface area contributed by atoms with Gasteiger partial charge in [-0.1, -0.05) is 47.5 Å². The summed E-state index contributed by atoms with van der Waals surface area (Å²) in [6.45, 7) is 12.5. The molecule has 0 amide bonds. The van der Waals surface area contributed by atoms with E-state index in [1.165, 1.54) is 12.8 Å². The summed E-state index contributed by atoms with van der Waals surface area (Å²) in [6, 6.07) is 0.315. The third-order valence-corrected chi connectivity index (χ3v) is 6.64. The summed E-state index contributed by atoms with van der Waals surface area (Å²) in [5, 5.41) is 0. The largest absolute Gasteiger partial charge is 0.331 e. The standard InChI is InChI=1S/C9H20N2.C9H16.C2H7N/c1-6-4-9(2,3)7(5-10)8(6)11;1-2-8-5-7-3-4-9(8)6-7;1-2-3/h6-8H,4-5,10-11H2,1-3H3;7-9H,2-6H2,1H3;2-3H2,1H3. The molecule has 23 heavy (non-hydrogen) atoms. The average molecular weight is 326 g/mol.